The van der Waals surface area contributed by atoms with Gasteiger partial charge < -0.3 is 10.1 Å². The summed E-state index contributed by atoms with van der Waals surface area (Å²) >= 11 is 0. The van der Waals surface area contributed by atoms with Crippen LogP contribution >= 0.6 is 0 Å². The van der Waals surface area contributed by atoms with Gasteiger partial charge in [0.25, 0.3) is 10.0 Å². The van der Waals surface area contributed by atoms with Crippen LogP contribution in [0.4, 0.5) is 5.69 Å². The van der Waals surface area contributed by atoms with Crippen molar-refractivity contribution >= 4 is 26.5 Å². The van der Waals surface area contributed by atoms with Gasteiger partial charge in [-0.3, -0.25) is 4.72 Å². The van der Waals surface area contributed by atoms with E-state index in [1.54, 1.807) is 18.2 Å². The molecular formula is C24H26N2O3S. The van der Waals surface area contributed by atoms with Crippen molar-refractivity contribution in [3.8, 4) is 5.75 Å². The van der Waals surface area contributed by atoms with Gasteiger partial charge in [-0.15, -0.1) is 0 Å². The third-order valence-corrected chi connectivity index (χ3v) is 7.78. The van der Waals surface area contributed by atoms with Gasteiger partial charge in [0, 0.05) is 11.1 Å². The first-order valence-corrected chi connectivity index (χ1v) is 12.1. The molecule has 156 valence electrons. The van der Waals surface area contributed by atoms with E-state index in [-0.39, 0.29) is 0 Å². The standard InChI is InChI=1S/C24H26N2O3S/c27-30(28,24-7-3-5-17-4-1-2-6-21(17)24)26-19-8-9-23-22(16-19)20(12-15-29-23)18-10-13-25-14-11-18/h1-9,16,18,20,25-26H,10-15H2. The number of nitrogens with one attached hydrogen (secondary N) is 2. The van der Waals surface area contributed by atoms with Crippen LogP contribution in [0, 0.1) is 5.92 Å². The molecule has 2 aliphatic rings. The Labute approximate surface area is 177 Å². The summed E-state index contributed by atoms with van der Waals surface area (Å²) in [5.74, 6) is 1.91. The number of rotatable bonds is 4. The van der Waals surface area contributed by atoms with E-state index in [4.69, 9.17) is 4.74 Å². The molecule has 6 heteroatoms. The summed E-state index contributed by atoms with van der Waals surface area (Å²) in [5, 5.41) is 5.06. The number of hydrogen-bond donors (Lipinski definition) is 2. The van der Waals surface area contributed by atoms with E-state index in [1.807, 2.05) is 42.5 Å². The first-order valence-electron chi connectivity index (χ1n) is 10.6. The fourth-order valence-corrected chi connectivity index (χ4v) is 6.14. The average Bonchev–Trinajstić information content (AvgIpc) is 2.78. The molecule has 5 rings (SSSR count). The lowest BCUT2D eigenvalue weighted by molar-refractivity contribution is 0.216. The van der Waals surface area contributed by atoms with E-state index in [2.05, 4.69) is 10.0 Å². The fraction of sp³-hybridized carbons (Fsp3) is 0.333. The van der Waals surface area contributed by atoms with Gasteiger partial charge in [-0.25, -0.2) is 8.42 Å². The van der Waals surface area contributed by atoms with E-state index >= 15 is 0 Å². The highest BCUT2D eigenvalue weighted by Crippen LogP contribution is 2.42. The molecule has 2 aliphatic heterocycles. The Bertz CT molecular complexity index is 1160. The highest BCUT2D eigenvalue weighted by molar-refractivity contribution is 7.93. The summed E-state index contributed by atoms with van der Waals surface area (Å²) in [6, 6.07) is 18.6. The van der Waals surface area contributed by atoms with Crippen molar-refractivity contribution in [1.82, 2.24) is 5.32 Å². The molecule has 3 aromatic rings. The van der Waals surface area contributed by atoms with Gasteiger partial charge in [-0.1, -0.05) is 36.4 Å². The van der Waals surface area contributed by atoms with Crippen LogP contribution in [0.3, 0.4) is 0 Å². The topological polar surface area (TPSA) is 67.4 Å². The highest BCUT2D eigenvalue weighted by Gasteiger charge is 2.30. The van der Waals surface area contributed by atoms with Crippen LogP contribution in [0.15, 0.2) is 65.6 Å². The maximum Gasteiger partial charge on any atom is 0.262 e. The molecule has 1 saturated heterocycles. The van der Waals surface area contributed by atoms with E-state index in [9.17, 15) is 8.42 Å². The van der Waals surface area contributed by atoms with Crippen molar-refractivity contribution in [2.24, 2.45) is 5.92 Å². The second-order valence-electron chi connectivity index (χ2n) is 8.17. The monoisotopic (exact) mass is 422 g/mol. The van der Waals surface area contributed by atoms with E-state index in [0.29, 0.717) is 22.4 Å². The van der Waals surface area contributed by atoms with Gasteiger partial charge in [0.1, 0.15) is 5.75 Å². The fourth-order valence-electron chi connectivity index (χ4n) is 4.86. The Morgan fingerprint density at radius 2 is 1.73 bits per heavy atom. The minimum Gasteiger partial charge on any atom is -0.493 e. The second-order valence-corrected chi connectivity index (χ2v) is 9.82. The molecule has 0 saturated carbocycles. The summed E-state index contributed by atoms with van der Waals surface area (Å²) in [6.07, 6.45) is 3.28. The molecule has 2 N–H and O–H groups in total. The molecule has 3 aromatic carbocycles. The SMILES string of the molecule is O=S(=O)(Nc1ccc2c(c1)C(C1CCNCC1)CCO2)c1cccc2ccccc12. The van der Waals surface area contributed by atoms with Crippen LogP contribution in [0.2, 0.25) is 0 Å². The van der Waals surface area contributed by atoms with E-state index < -0.39 is 10.0 Å². The Morgan fingerprint density at radius 3 is 2.60 bits per heavy atom. The molecule has 1 unspecified atom stereocenters. The number of ether oxygens (including phenoxy) is 1. The lowest BCUT2D eigenvalue weighted by Crippen LogP contribution is -2.32. The minimum atomic E-state index is -3.71. The maximum atomic E-state index is 13.2. The number of sulfonamides is 1. The molecule has 0 aromatic heterocycles. The molecule has 1 atom stereocenters. The third kappa shape index (κ3) is 3.66. The largest absolute Gasteiger partial charge is 0.493 e. The number of hydrogen-bond acceptors (Lipinski definition) is 4. The summed E-state index contributed by atoms with van der Waals surface area (Å²) in [7, 11) is -3.71. The van der Waals surface area contributed by atoms with Gasteiger partial charge in [0.15, 0.2) is 0 Å². The summed E-state index contributed by atoms with van der Waals surface area (Å²) in [4.78, 5) is 0.296. The predicted molar refractivity (Wildman–Crippen MR) is 120 cm³/mol. The van der Waals surface area contributed by atoms with Crippen molar-refractivity contribution in [2.75, 3.05) is 24.4 Å². The minimum absolute atomic E-state index is 0.296. The Balaban J connectivity index is 1.48. The molecule has 0 spiro atoms. The average molecular weight is 423 g/mol. The molecule has 30 heavy (non-hydrogen) atoms. The van der Waals surface area contributed by atoms with Gasteiger partial charge in [0.2, 0.25) is 0 Å². The van der Waals surface area contributed by atoms with Crippen molar-refractivity contribution in [3.05, 3.63) is 66.2 Å². The van der Waals surface area contributed by atoms with Gasteiger partial charge in [-0.05, 0) is 79.4 Å². The molecule has 2 heterocycles. The van der Waals surface area contributed by atoms with Gasteiger partial charge in [0.05, 0.1) is 11.5 Å². The van der Waals surface area contributed by atoms with Crippen LogP contribution in [-0.2, 0) is 10.0 Å². The smallest absolute Gasteiger partial charge is 0.262 e. The van der Waals surface area contributed by atoms with Crippen molar-refractivity contribution < 1.29 is 13.2 Å². The zero-order chi connectivity index (χ0) is 20.6. The first kappa shape index (κ1) is 19.4. The Kier molecular flexibility index (Phi) is 5.13. The van der Waals surface area contributed by atoms with Crippen molar-refractivity contribution in [3.63, 3.8) is 0 Å². The van der Waals surface area contributed by atoms with Crippen LogP contribution in [0.1, 0.15) is 30.7 Å². The zero-order valence-corrected chi connectivity index (χ0v) is 17.6. The maximum absolute atomic E-state index is 13.2. The lowest BCUT2D eigenvalue weighted by atomic mass is 9.77. The molecule has 5 nitrogen and oxygen atoms in total. The van der Waals surface area contributed by atoms with Gasteiger partial charge in [-0.2, -0.15) is 0 Å². The number of piperidine rings is 1. The Morgan fingerprint density at radius 1 is 0.933 bits per heavy atom. The quantitative estimate of drug-likeness (QED) is 0.649. The summed E-state index contributed by atoms with van der Waals surface area (Å²) in [6.45, 7) is 2.82. The van der Waals surface area contributed by atoms with Crippen molar-refractivity contribution in [1.29, 1.82) is 0 Å². The van der Waals surface area contributed by atoms with Gasteiger partial charge >= 0.3 is 0 Å². The summed E-state index contributed by atoms with van der Waals surface area (Å²) < 4.78 is 35.1. The molecule has 0 bridgehead atoms. The first-order chi connectivity index (χ1) is 14.6. The number of benzene rings is 3. The molecular weight excluding hydrogens is 396 g/mol. The third-order valence-electron chi connectivity index (χ3n) is 6.34. The van der Waals surface area contributed by atoms with Crippen LogP contribution < -0.4 is 14.8 Å². The molecule has 0 amide bonds. The van der Waals surface area contributed by atoms with Crippen LogP contribution in [0.25, 0.3) is 10.8 Å². The second kappa shape index (κ2) is 7.93. The predicted octanol–water partition coefficient (Wildman–Crippen LogP) is 4.51. The van der Waals surface area contributed by atoms with E-state index in [0.717, 1.165) is 61.0 Å². The summed E-state index contributed by atoms with van der Waals surface area (Å²) in [5.41, 5.74) is 1.72. The van der Waals surface area contributed by atoms with E-state index in [1.165, 1.54) is 0 Å². The zero-order valence-electron chi connectivity index (χ0n) is 16.8. The van der Waals surface area contributed by atoms with Crippen LogP contribution in [-0.4, -0.2) is 28.1 Å². The molecule has 0 aliphatic carbocycles. The lowest BCUT2D eigenvalue weighted by Gasteiger charge is -2.35. The molecule has 1 fully saturated rings. The van der Waals surface area contributed by atoms with Crippen LogP contribution in [0.5, 0.6) is 5.75 Å². The number of fused-ring (bicyclic) bond motifs is 2. The molecule has 0 radical (unpaired) electrons. The Hall–Kier alpha value is -2.57. The number of anilines is 1. The normalized spacial score (nSPS) is 19.8. The highest BCUT2D eigenvalue weighted by atomic mass is 32.2. The van der Waals surface area contributed by atoms with Crippen molar-refractivity contribution in [2.45, 2.75) is 30.1 Å².